The zero-order valence-electron chi connectivity index (χ0n) is 22.4. The van der Waals surface area contributed by atoms with Crippen LogP contribution < -0.4 is 0 Å². The first-order chi connectivity index (χ1) is 18.0. The fourth-order valence-electron chi connectivity index (χ4n) is 9.76. The second-order valence-electron chi connectivity index (χ2n) is 13.3. The third kappa shape index (κ3) is 3.65. The Labute approximate surface area is 223 Å². The molecule has 2 heterocycles. The Kier molecular flexibility index (Phi) is 6.41. The van der Waals surface area contributed by atoms with Gasteiger partial charge in [-0.25, -0.2) is 4.79 Å². The molecule has 0 amide bonds. The molecule has 9 nitrogen and oxygen atoms in total. The minimum Gasteiger partial charge on any atom is -0.458 e. The second kappa shape index (κ2) is 9.08. The van der Waals surface area contributed by atoms with Crippen LogP contribution in [0.2, 0.25) is 0 Å². The van der Waals surface area contributed by atoms with Crippen LogP contribution in [0.3, 0.4) is 0 Å². The molecule has 0 radical (unpaired) electrons. The van der Waals surface area contributed by atoms with E-state index in [1.807, 2.05) is 0 Å². The fraction of sp³-hybridized carbons (Fsp3) is 0.862. The number of aldehydes is 1. The summed E-state index contributed by atoms with van der Waals surface area (Å²) >= 11 is 0. The van der Waals surface area contributed by atoms with Gasteiger partial charge in [0.15, 0.2) is 6.29 Å². The van der Waals surface area contributed by atoms with Crippen LogP contribution in [0.25, 0.3) is 0 Å². The lowest BCUT2D eigenvalue weighted by Crippen LogP contribution is -2.69. The molecule has 6 aliphatic rings. The average molecular weight is 535 g/mol. The Morgan fingerprint density at radius 1 is 1.05 bits per heavy atom. The summed E-state index contributed by atoms with van der Waals surface area (Å²) in [5, 5.41) is 44.6. The summed E-state index contributed by atoms with van der Waals surface area (Å²) in [6, 6.07) is 0. The van der Waals surface area contributed by atoms with Crippen molar-refractivity contribution in [2.75, 3.05) is 6.61 Å². The molecule has 0 aromatic rings. The van der Waals surface area contributed by atoms with Gasteiger partial charge in [0.1, 0.15) is 19.0 Å². The first-order valence-corrected chi connectivity index (χ1v) is 14.4. The van der Waals surface area contributed by atoms with Gasteiger partial charge in [0, 0.05) is 24.3 Å². The molecule has 4 aliphatic carbocycles. The third-order valence-electron chi connectivity index (χ3n) is 11.9. The molecule has 9 heteroatoms. The molecule has 4 saturated carbocycles. The molecule has 12 atom stereocenters. The van der Waals surface area contributed by atoms with Crippen molar-refractivity contribution in [3.63, 3.8) is 0 Å². The molecule has 5 fully saturated rings. The van der Waals surface area contributed by atoms with E-state index in [9.17, 15) is 30.0 Å². The Morgan fingerprint density at radius 2 is 1.82 bits per heavy atom. The Balaban J connectivity index is 1.22. The largest absolute Gasteiger partial charge is 0.458 e. The molecular weight excluding hydrogens is 492 g/mol. The maximum atomic E-state index is 12.9. The molecular formula is C29H42O9. The minimum atomic E-state index is -1.24. The van der Waals surface area contributed by atoms with Gasteiger partial charge in [-0.3, -0.25) is 0 Å². The summed E-state index contributed by atoms with van der Waals surface area (Å²) < 4.78 is 17.1. The van der Waals surface area contributed by atoms with E-state index >= 15 is 0 Å². The van der Waals surface area contributed by atoms with E-state index in [2.05, 4.69) is 6.92 Å². The molecule has 0 spiro atoms. The van der Waals surface area contributed by atoms with E-state index in [1.54, 1.807) is 13.0 Å². The number of hydrogen-bond acceptors (Lipinski definition) is 9. The Bertz CT molecular complexity index is 1000. The maximum Gasteiger partial charge on any atom is 0.331 e. The highest BCUT2D eigenvalue weighted by molar-refractivity contribution is 5.85. The van der Waals surface area contributed by atoms with E-state index in [4.69, 9.17) is 14.2 Å². The first kappa shape index (κ1) is 26.8. The van der Waals surface area contributed by atoms with Crippen molar-refractivity contribution in [1.82, 2.24) is 0 Å². The predicted molar refractivity (Wildman–Crippen MR) is 133 cm³/mol. The molecule has 1 saturated heterocycles. The average Bonchev–Trinajstić information content (AvgIpc) is 3.41. The van der Waals surface area contributed by atoms with Gasteiger partial charge >= 0.3 is 5.97 Å². The highest BCUT2D eigenvalue weighted by atomic mass is 16.7. The Hall–Kier alpha value is -1.36. The molecule has 38 heavy (non-hydrogen) atoms. The van der Waals surface area contributed by atoms with E-state index < -0.39 is 46.6 Å². The fourth-order valence-corrected chi connectivity index (χ4v) is 9.76. The summed E-state index contributed by atoms with van der Waals surface area (Å²) in [6.07, 6.45) is 4.50. The normalized spacial score (nSPS) is 54.4. The van der Waals surface area contributed by atoms with Crippen LogP contribution in [-0.2, 0) is 23.8 Å². The predicted octanol–water partition coefficient (Wildman–Crippen LogP) is 1.78. The lowest BCUT2D eigenvalue weighted by atomic mass is 9.41. The van der Waals surface area contributed by atoms with Crippen LogP contribution in [0, 0.1) is 28.6 Å². The standard InChI is InChI=1S/C29H42O9/c1-16-25(33)22(31)12-24(37-16)38-18-3-8-27(15-30)20-4-7-26(2)19(17-11-23(32)36-14-17)6-10-29(26,35)21(20)5-9-28(27,34)13-18/h11,15-16,18-22,24-25,31,33-35H,3-10,12-14H2,1-2H3/t16-,18+,19?,20?,21-,22+,24+,25+,26-,27?,28+,29+/m1/s1. The van der Waals surface area contributed by atoms with Crippen molar-refractivity contribution < 1.29 is 44.2 Å². The number of cyclic esters (lactones) is 1. The van der Waals surface area contributed by atoms with Gasteiger partial charge in [0.2, 0.25) is 0 Å². The van der Waals surface area contributed by atoms with Gasteiger partial charge in [-0.1, -0.05) is 6.92 Å². The van der Waals surface area contributed by atoms with Crippen molar-refractivity contribution in [3.05, 3.63) is 11.6 Å². The molecule has 212 valence electrons. The van der Waals surface area contributed by atoms with Crippen LogP contribution in [0.15, 0.2) is 11.6 Å². The monoisotopic (exact) mass is 534 g/mol. The van der Waals surface area contributed by atoms with Crippen LogP contribution >= 0.6 is 0 Å². The number of aliphatic hydroxyl groups is 4. The number of fused-ring (bicyclic) bond motifs is 5. The van der Waals surface area contributed by atoms with Gasteiger partial charge in [0.25, 0.3) is 0 Å². The number of carbonyl (C=O) groups excluding carboxylic acids is 2. The quantitative estimate of drug-likeness (QED) is 0.241. The molecule has 4 N–H and O–H groups in total. The van der Waals surface area contributed by atoms with Crippen molar-refractivity contribution in [2.45, 2.75) is 120 Å². The number of esters is 1. The lowest BCUT2D eigenvalue weighted by Gasteiger charge is -2.65. The van der Waals surface area contributed by atoms with Crippen molar-refractivity contribution in [1.29, 1.82) is 0 Å². The zero-order chi connectivity index (χ0) is 27.1. The highest BCUT2D eigenvalue weighted by Crippen LogP contribution is 2.70. The minimum absolute atomic E-state index is 0.0729. The number of aliphatic hydroxyl groups excluding tert-OH is 2. The van der Waals surface area contributed by atoms with Crippen molar-refractivity contribution in [3.8, 4) is 0 Å². The van der Waals surface area contributed by atoms with Gasteiger partial charge in [-0.2, -0.15) is 0 Å². The topological polar surface area (TPSA) is 143 Å². The molecule has 0 aromatic heterocycles. The van der Waals surface area contributed by atoms with Crippen LogP contribution in [0.4, 0.5) is 0 Å². The third-order valence-corrected chi connectivity index (χ3v) is 11.9. The molecule has 3 unspecified atom stereocenters. The van der Waals surface area contributed by atoms with Gasteiger partial charge in [-0.05, 0) is 81.6 Å². The maximum absolute atomic E-state index is 12.9. The van der Waals surface area contributed by atoms with Crippen LogP contribution in [-0.4, -0.2) is 81.2 Å². The molecule has 2 aliphatic heterocycles. The molecule has 6 rings (SSSR count). The number of carbonyl (C=O) groups is 2. The van der Waals surface area contributed by atoms with Crippen molar-refractivity contribution in [2.24, 2.45) is 28.6 Å². The zero-order valence-corrected chi connectivity index (χ0v) is 22.4. The van der Waals surface area contributed by atoms with E-state index in [-0.39, 0.29) is 36.2 Å². The SMILES string of the molecule is C[C@H]1O[C@@H](O[C@H]2CCC3(C=O)C4CC[C@]5(C)C(C6=CC(=O)OC6)CC[C@]5(O)[C@@H]4CC[C@]3(O)C2)C[C@H](O)[C@H]1O. The number of hydrogen-bond donors (Lipinski definition) is 4. The lowest BCUT2D eigenvalue weighted by molar-refractivity contribution is -0.286. The summed E-state index contributed by atoms with van der Waals surface area (Å²) in [5.41, 5.74) is -2.60. The van der Waals surface area contributed by atoms with Crippen molar-refractivity contribution >= 4 is 12.3 Å². The summed E-state index contributed by atoms with van der Waals surface area (Å²) in [6.45, 7) is 4.13. The van der Waals surface area contributed by atoms with Gasteiger partial charge in [0.05, 0.1) is 34.9 Å². The van der Waals surface area contributed by atoms with E-state index in [1.165, 1.54) is 0 Å². The number of rotatable bonds is 4. The summed E-state index contributed by atoms with van der Waals surface area (Å²) in [7, 11) is 0. The van der Waals surface area contributed by atoms with Crippen LogP contribution in [0.5, 0.6) is 0 Å². The van der Waals surface area contributed by atoms with Crippen LogP contribution in [0.1, 0.15) is 78.1 Å². The second-order valence-corrected chi connectivity index (χ2v) is 13.3. The van der Waals surface area contributed by atoms with Gasteiger partial charge < -0.3 is 39.4 Å². The smallest absolute Gasteiger partial charge is 0.331 e. The highest BCUT2D eigenvalue weighted by Gasteiger charge is 2.71. The summed E-state index contributed by atoms with van der Waals surface area (Å²) in [4.78, 5) is 24.7. The molecule has 0 aromatic carbocycles. The molecule has 0 bridgehead atoms. The first-order valence-electron chi connectivity index (χ1n) is 14.4. The van der Waals surface area contributed by atoms with E-state index in [0.717, 1.165) is 31.1 Å². The van der Waals surface area contributed by atoms with E-state index in [0.29, 0.717) is 45.1 Å². The van der Waals surface area contributed by atoms with Gasteiger partial charge in [-0.15, -0.1) is 0 Å². The summed E-state index contributed by atoms with van der Waals surface area (Å²) in [5.74, 6) is -0.473. The Morgan fingerprint density at radius 3 is 2.50 bits per heavy atom. The number of ether oxygens (including phenoxy) is 3.